The fourth-order valence-corrected chi connectivity index (χ4v) is 4.72. The number of benzene rings is 3. The Morgan fingerprint density at radius 1 is 0.786 bits per heavy atom. The zero-order valence-corrected chi connectivity index (χ0v) is 24.8. The molecule has 0 spiro atoms. The fourth-order valence-electron chi connectivity index (χ4n) is 4.72. The fraction of sp³-hybridized carbons (Fsp3) is 0.306. The molecule has 1 heterocycles. The van der Waals surface area contributed by atoms with Crippen molar-refractivity contribution >= 4 is 17.3 Å². The van der Waals surface area contributed by atoms with Gasteiger partial charge in [0.15, 0.2) is 18.1 Å². The van der Waals surface area contributed by atoms with Crippen LogP contribution in [0.15, 0.2) is 97.3 Å². The molecule has 0 aliphatic heterocycles. The lowest BCUT2D eigenvalue weighted by molar-refractivity contribution is -0.754. The molecule has 0 saturated carbocycles. The van der Waals surface area contributed by atoms with Crippen molar-refractivity contribution in [2.75, 3.05) is 19.0 Å². The predicted molar refractivity (Wildman–Crippen MR) is 168 cm³/mol. The largest absolute Gasteiger partial charge is 0.434 e. The summed E-state index contributed by atoms with van der Waals surface area (Å²) in [6.07, 6.45) is 12.3. The Morgan fingerprint density at radius 2 is 1.36 bits per heavy atom. The summed E-state index contributed by atoms with van der Waals surface area (Å²) in [6, 6.07) is 26.1. The summed E-state index contributed by atoms with van der Waals surface area (Å²) in [5.74, 6) is 0.756. The molecule has 0 N–H and O–H groups in total. The second kappa shape index (κ2) is 15.4. The highest BCUT2D eigenvalue weighted by atomic mass is 16.5. The SMILES string of the molecule is [C-]#[N+]c1ccc(-c2ccc(OC(=O)c3ccc(OC(CCCCCCCC)[n+]4ccc(N(C)C)cc4)cc3)cc2)cc1. The smallest absolute Gasteiger partial charge is 0.343 e. The number of carbonyl (C=O) groups is 1. The van der Waals surface area contributed by atoms with E-state index in [2.05, 4.69) is 45.8 Å². The van der Waals surface area contributed by atoms with Crippen LogP contribution in [0.4, 0.5) is 11.4 Å². The van der Waals surface area contributed by atoms with Gasteiger partial charge in [-0.25, -0.2) is 9.64 Å². The molecule has 0 amide bonds. The molecule has 42 heavy (non-hydrogen) atoms. The Bertz CT molecular complexity index is 1440. The molecule has 3 aromatic carbocycles. The Balaban J connectivity index is 1.37. The van der Waals surface area contributed by atoms with Crippen LogP contribution in [0, 0.1) is 6.57 Å². The van der Waals surface area contributed by atoms with Crippen LogP contribution < -0.4 is 18.9 Å². The second-order valence-corrected chi connectivity index (χ2v) is 10.6. The van der Waals surface area contributed by atoms with Crippen LogP contribution in [0.5, 0.6) is 11.5 Å². The van der Waals surface area contributed by atoms with E-state index in [1.54, 1.807) is 36.4 Å². The van der Waals surface area contributed by atoms with Crippen molar-refractivity contribution in [3.63, 3.8) is 0 Å². The van der Waals surface area contributed by atoms with E-state index in [4.69, 9.17) is 16.0 Å². The first-order valence-corrected chi connectivity index (χ1v) is 14.7. The highest BCUT2D eigenvalue weighted by Gasteiger charge is 2.21. The van der Waals surface area contributed by atoms with E-state index in [-0.39, 0.29) is 6.23 Å². The van der Waals surface area contributed by atoms with Crippen LogP contribution in [0.3, 0.4) is 0 Å². The number of hydrogen-bond donors (Lipinski definition) is 0. The standard InChI is InChI=1S/C36H40N3O3/c1-5-6-7-8-9-10-11-35(39-26-24-32(25-27-39)38(3)4)41-33-22-16-30(17-23-33)36(40)42-34-20-14-29(15-21-34)28-12-18-31(37-2)19-13-28/h12-27,35H,5-11H2,1,3-4H3/q+1. The highest BCUT2D eigenvalue weighted by Crippen LogP contribution is 2.26. The van der Waals surface area contributed by atoms with Crippen molar-refractivity contribution in [3.05, 3.63) is 114 Å². The highest BCUT2D eigenvalue weighted by molar-refractivity contribution is 5.91. The van der Waals surface area contributed by atoms with Crippen LogP contribution in [-0.2, 0) is 0 Å². The number of carbonyl (C=O) groups excluding carboxylic acids is 1. The van der Waals surface area contributed by atoms with Gasteiger partial charge in [-0.05, 0) is 53.9 Å². The zero-order valence-electron chi connectivity index (χ0n) is 24.8. The summed E-state index contributed by atoms with van der Waals surface area (Å²) >= 11 is 0. The van der Waals surface area contributed by atoms with E-state index in [1.807, 2.05) is 50.5 Å². The quantitative estimate of drug-likeness (QED) is 0.0507. The van der Waals surface area contributed by atoms with Crippen molar-refractivity contribution in [1.82, 2.24) is 0 Å². The average Bonchev–Trinajstić information content (AvgIpc) is 3.03. The molecular weight excluding hydrogens is 522 g/mol. The molecule has 0 saturated heterocycles. The summed E-state index contributed by atoms with van der Waals surface area (Å²) in [7, 11) is 4.06. The maximum atomic E-state index is 12.8. The van der Waals surface area contributed by atoms with E-state index >= 15 is 0 Å². The first-order chi connectivity index (χ1) is 20.5. The van der Waals surface area contributed by atoms with Crippen LogP contribution in [0.2, 0.25) is 0 Å². The summed E-state index contributed by atoms with van der Waals surface area (Å²) in [4.78, 5) is 18.3. The van der Waals surface area contributed by atoms with Gasteiger partial charge >= 0.3 is 12.2 Å². The van der Waals surface area contributed by atoms with E-state index < -0.39 is 5.97 Å². The molecule has 0 bridgehead atoms. The van der Waals surface area contributed by atoms with Crippen molar-refractivity contribution in [3.8, 4) is 22.6 Å². The number of unbranched alkanes of at least 4 members (excludes halogenated alkanes) is 5. The zero-order chi connectivity index (χ0) is 29.7. The molecule has 0 fully saturated rings. The predicted octanol–water partition coefficient (Wildman–Crippen LogP) is 8.81. The number of pyridine rings is 1. The first-order valence-electron chi connectivity index (χ1n) is 14.7. The molecule has 216 valence electrons. The molecular formula is C36H40N3O3+. The molecule has 0 aliphatic carbocycles. The average molecular weight is 563 g/mol. The van der Waals surface area contributed by atoms with Gasteiger partial charge in [0.25, 0.3) is 0 Å². The number of nitrogens with zero attached hydrogens (tertiary/aromatic N) is 3. The van der Waals surface area contributed by atoms with Crippen molar-refractivity contribution < 1.29 is 18.8 Å². The van der Waals surface area contributed by atoms with E-state index in [0.29, 0.717) is 22.7 Å². The van der Waals surface area contributed by atoms with E-state index in [9.17, 15) is 4.79 Å². The normalized spacial score (nSPS) is 11.4. The number of aromatic nitrogens is 1. The van der Waals surface area contributed by atoms with Crippen LogP contribution in [0.25, 0.3) is 16.0 Å². The van der Waals surface area contributed by atoms with Crippen molar-refractivity contribution in [2.45, 2.75) is 58.1 Å². The summed E-state index contributed by atoms with van der Waals surface area (Å²) < 4.78 is 14.2. The van der Waals surface area contributed by atoms with Gasteiger partial charge in [0.1, 0.15) is 11.5 Å². The van der Waals surface area contributed by atoms with Crippen LogP contribution in [0.1, 0.15) is 68.5 Å². The summed E-state index contributed by atoms with van der Waals surface area (Å²) in [5, 5.41) is 0. The Hall–Kier alpha value is -4.63. The molecule has 1 atom stereocenters. The van der Waals surface area contributed by atoms with Crippen molar-refractivity contribution in [1.29, 1.82) is 0 Å². The number of hydrogen-bond acceptors (Lipinski definition) is 4. The molecule has 4 rings (SSSR count). The lowest BCUT2D eigenvalue weighted by Crippen LogP contribution is -2.42. The van der Waals surface area contributed by atoms with Gasteiger partial charge in [-0.3, -0.25) is 0 Å². The van der Waals surface area contributed by atoms with E-state index in [0.717, 1.165) is 29.7 Å². The third kappa shape index (κ3) is 8.68. The monoisotopic (exact) mass is 562 g/mol. The van der Waals surface area contributed by atoms with Gasteiger partial charge < -0.3 is 14.4 Å². The van der Waals surface area contributed by atoms with E-state index in [1.165, 1.54) is 32.1 Å². The van der Waals surface area contributed by atoms with Gasteiger partial charge in [0.05, 0.1) is 12.1 Å². The maximum absolute atomic E-state index is 12.8. The van der Waals surface area contributed by atoms with Gasteiger partial charge in [-0.15, -0.1) is 0 Å². The molecule has 0 aliphatic rings. The van der Waals surface area contributed by atoms with Gasteiger partial charge in [-0.1, -0.05) is 75.4 Å². The number of esters is 1. The number of ether oxygens (including phenoxy) is 2. The van der Waals surface area contributed by atoms with Gasteiger partial charge in [0.2, 0.25) is 0 Å². The lowest BCUT2D eigenvalue weighted by Gasteiger charge is -2.16. The summed E-state index contributed by atoms with van der Waals surface area (Å²) in [6.45, 7) is 9.33. The minimum absolute atomic E-state index is 0.138. The lowest BCUT2D eigenvalue weighted by atomic mass is 10.1. The molecule has 1 aromatic heterocycles. The molecule has 6 nitrogen and oxygen atoms in total. The van der Waals surface area contributed by atoms with Gasteiger partial charge in [0, 0.05) is 38.3 Å². The Kier molecular flexibility index (Phi) is 11.1. The third-order valence-corrected chi connectivity index (χ3v) is 7.25. The minimum Gasteiger partial charge on any atom is -0.434 e. The van der Waals surface area contributed by atoms with Gasteiger partial charge in [-0.2, -0.15) is 4.57 Å². The number of rotatable bonds is 14. The summed E-state index contributed by atoms with van der Waals surface area (Å²) in [5.41, 5.74) is 4.18. The Morgan fingerprint density at radius 3 is 1.95 bits per heavy atom. The third-order valence-electron chi connectivity index (χ3n) is 7.25. The minimum atomic E-state index is -0.423. The topological polar surface area (TPSA) is 47.0 Å². The first kappa shape index (κ1) is 30.3. The Labute approximate surface area is 250 Å². The number of anilines is 1. The molecule has 0 radical (unpaired) electrons. The second-order valence-electron chi connectivity index (χ2n) is 10.6. The molecule has 1 unspecified atom stereocenters. The maximum Gasteiger partial charge on any atom is 0.343 e. The molecule has 4 aromatic rings. The van der Waals surface area contributed by atoms with Crippen LogP contribution >= 0.6 is 0 Å². The van der Waals surface area contributed by atoms with Crippen molar-refractivity contribution in [2.24, 2.45) is 0 Å². The van der Waals surface area contributed by atoms with Crippen LogP contribution in [-0.4, -0.2) is 20.1 Å². The molecule has 6 heteroatoms.